The number of hydrogen-bond donors (Lipinski definition) is 0. The predicted molar refractivity (Wildman–Crippen MR) is 78.9 cm³/mol. The average Bonchev–Trinajstić information content (AvgIpc) is 2.26. The highest BCUT2D eigenvalue weighted by molar-refractivity contribution is 6.74. The Balaban J connectivity index is 2.38. The summed E-state index contributed by atoms with van der Waals surface area (Å²) >= 11 is 0. The van der Waals surface area contributed by atoms with E-state index in [0.29, 0.717) is 11.1 Å². The van der Waals surface area contributed by atoms with Crippen molar-refractivity contribution in [2.75, 3.05) is 0 Å². The third-order valence-corrected chi connectivity index (χ3v) is 9.26. The van der Waals surface area contributed by atoms with Gasteiger partial charge in [-0.15, -0.1) is 0 Å². The van der Waals surface area contributed by atoms with Crippen molar-refractivity contribution in [3.63, 3.8) is 0 Å². The second-order valence-electron chi connectivity index (χ2n) is 7.22. The molecule has 18 heavy (non-hydrogen) atoms. The van der Waals surface area contributed by atoms with Gasteiger partial charge in [0.2, 0.25) is 0 Å². The molecule has 0 saturated heterocycles. The van der Waals surface area contributed by atoms with E-state index in [1.54, 1.807) is 0 Å². The lowest BCUT2D eigenvalue weighted by Crippen LogP contribution is -2.44. The molecule has 104 valence electrons. The van der Waals surface area contributed by atoms with E-state index in [2.05, 4.69) is 39.9 Å². The van der Waals surface area contributed by atoms with Crippen LogP contribution in [0.3, 0.4) is 0 Å². The van der Waals surface area contributed by atoms with E-state index < -0.39 is 8.32 Å². The zero-order valence-corrected chi connectivity index (χ0v) is 13.8. The summed E-state index contributed by atoms with van der Waals surface area (Å²) in [6, 6.07) is 2.26. The van der Waals surface area contributed by atoms with Gasteiger partial charge in [0, 0.05) is 12.5 Å². The van der Waals surface area contributed by atoms with Gasteiger partial charge in [-0.05, 0) is 56.2 Å². The fourth-order valence-corrected chi connectivity index (χ4v) is 3.82. The van der Waals surface area contributed by atoms with Crippen LogP contribution in [0, 0.1) is 17.2 Å². The van der Waals surface area contributed by atoms with Gasteiger partial charge in [-0.3, -0.25) is 0 Å². The van der Waals surface area contributed by atoms with Crippen LogP contribution in [0.2, 0.25) is 18.1 Å². The molecule has 1 saturated carbocycles. The maximum Gasteiger partial charge on any atom is 0.192 e. The van der Waals surface area contributed by atoms with Crippen LogP contribution < -0.4 is 0 Å². The van der Waals surface area contributed by atoms with Crippen LogP contribution in [0.25, 0.3) is 0 Å². The minimum atomic E-state index is -1.59. The quantitative estimate of drug-likeness (QED) is 0.681. The molecule has 1 rings (SSSR count). The van der Waals surface area contributed by atoms with Crippen molar-refractivity contribution in [3.8, 4) is 6.07 Å². The minimum Gasteiger partial charge on any atom is -0.414 e. The van der Waals surface area contributed by atoms with Gasteiger partial charge in [0.05, 0.1) is 6.07 Å². The molecular formula is C15H29NOSi. The first-order valence-corrected chi connectivity index (χ1v) is 10.2. The fraction of sp³-hybridized carbons (Fsp3) is 0.933. The second kappa shape index (κ2) is 6.21. The maximum absolute atomic E-state index is 8.62. The molecule has 0 atom stereocenters. The van der Waals surface area contributed by atoms with Crippen molar-refractivity contribution < 1.29 is 4.43 Å². The summed E-state index contributed by atoms with van der Waals surface area (Å²) in [5.41, 5.74) is 0. The number of nitriles is 1. The highest BCUT2D eigenvalue weighted by Gasteiger charge is 2.39. The molecule has 0 N–H and O–H groups in total. The lowest BCUT2D eigenvalue weighted by atomic mass is 9.85. The largest absolute Gasteiger partial charge is 0.414 e. The molecular weight excluding hydrogens is 238 g/mol. The van der Waals surface area contributed by atoms with E-state index in [1.165, 1.54) is 25.7 Å². The van der Waals surface area contributed by atoms with Crippen LogP contribution in [-0.2, 0) is 4.43 Å². The molecule has 0 radical (unpaired) electrons. The first-order valence-electron chi connectivity index (χ1n) is 7.31. The Morgan fingerprint density at radius 1 is 1.17 bits per heavy atom. The van der Waals surface area contributed by atoms with Crippen molar-refractivity contribution in [3.05, 3.63) is 0 Å². The Hall–Kier alpha value is -0.333. The first-order chi connectivity index (χ1) is 8.26. The van der Waals surface area contributed by atoms with Gasteiger partial charge in [0.25, 0.3) is 0 Å². The van der Waals surface area contributed by atoms with Crippen molar-refractivity contribution in [1.29, 1.82) is 5.26 Å². The molecule has 0 heterocycles. The highest BCUT2D eigenvalue weighted by atomic mass is 28.4. The van der Waals surface area contributed by atoms with Gasteiger partial charge in [-0.25, -0.2) is 0 Å². The van der Waals surface area contributed by atoms with Crippen LogP contribution in [0.15, 0.2) is 0 Å². The third-order valence-electron chi connectivity index (χ3n) is 4.73. The maximum atomic E-state index is 8.62. The molecule has 0 bridgehead atoms. The smallest absolute Gasteiger partial charge is 0.192 e. The molecule has 3 heteroatoms. The van der Waals surface area contributed by atoms with Crippen molar-refractivity contribution >= 4 is 8.32 Å². The Morgan fingerprint density at radius 3 is 2.17 bits per heavy atom. The van der Waals surface area contributed by atoms with E-state index >= 15 is 0 Å². The summed E-state index contributed by atoms with van der Waals surface area (Å²) in [4.78, 5) is 0. The monoisotopic (exact) mass is 267 g/mol. The minimum absolute atomic E-state index is 0.310. The van der Waals surface area contributed by atoms with Crippen molar-refractivity contribution in [2.45, 2.75) is 83.5 Å². The summed E-state index contributed by atoms with van der Waals surface area (Å²) in [6.07, 6.45) is 7.18. The Morgan fingerprint density at radius 2 is 1.72 bits per heavy atom. The van der Waals surface area contributed by atoms with Gasteiger partial charge >= 0.3 is 0 Å². The second-order valence-corrected chi connectivity index (χ2v) is 12.0. The SMILES string of the molecule is CC(C)(C)[Si](C)(C)OC1CCC(CCC#N)CC1. The van der Waals surface area contributed by atoms with E-state index in [-0.39, 0.29) is 0 Å². The summed E-state index contributed by atoms with van der Waals surface area (Å²) in [7, 11) is -1.59. The molecule has 0 spiro atoms. The summed E-state index contributed by atoms with van der Waals surface area (Å²) in [5.74, 6) is 0.768. The summed E-state index contributed by atoms with van der Waals surface area (Å²) in [6.45, 7) is 11.6. The Kier molecular flexibility index (Phi) is 5.42. The molecule has 2 nitrogen and oxygen atoms in total. The zero-order chi connectivity index (χ0) is 13.8. The van der Waals surface area contributed by atoms with Gasteiger partial charge in [-0.2, -0.15) is 5.26 Å². The molecule has 0 aromatic heterocycles. The third kappa shape index (κ3) is 4.40. The van der Waals surface area contributed by atoms with Crippen LogP contribution >= 0.6 is 0 Å². The van der Waals surface area contributed by atoms with Crippen molar-refractivity contribution in [1.82, 2.24) is 0 Å². The molecule has 1 aliphatic rings. The van der Waals surface area contributed by atoms with Crippen LogP contribution in [0.5, 0.6) is 0 Å². The van der Waals surface area contributed by atoms with E-state index in [0.717, 1.165) is 18.8 Å². The Labute approximate surface area is 114 Å². The predicted octanol–water partition coefficient (Wildman–Crippen LogP) is 4.87. The number of rotatable bonds is 4. The highest BCUT2D eigenvalue weighted by Crippen LogP contribution is 2.40. The standard InChI is InChI=1S/C15H29NOSi/c1-15(2,3)18(4,5)17-14-10-8-13(9-11-14)7-6-12-16/h13-14H,6-11H2,1-5H3. The molecule has 0 amide bonds. The van der Waals surface area contributed by atoms with Crippen LogP contribution in [0.4, 0.5) is 0 Å². The normalized spacial score (nSPS) is 25.8. The zero-order valence-electron chi connectivity index (χ0n) is 12.8. The van der Waals surface area contributed by atoms with Gasteiger partial charge in [-0.1, -0.05) is 20.8 Å². The number of hydrogen-bond acceptors (Lipinski definition) is 2. The first kappa shape index (κ1) is 15.7. The lowest BCUT2D eigenvalue weighted by molar-refractivity contribution is 0.114. The summed E-state index contributed by atoms with van der Waals surface area (Å²) < 4.78 is 6.47. The summed E-state index contributed by atoms with van der Waals surface area (Å²) in [5, 5.41) is 8.93. The Bertz CT molecular complexity index is 293. The van der Waals surface area contributed by atoms with Gasteiger partial charge in [0.15, 0.2) is 8.32 Å². The lowest BCUT2D eigenvalue weighted by Gasteiger charge is -2.41. The molecule has 1 aliphatic carbocycles. The van der Waals surface area contributed by atoms with E-state index in [4.69, 9.17) is 9.69 Å². The average molecular weight is 267 g/mol. The van der Waals surface area contributed by atoms with E-state index in [1.807, 2.05) is 0 Å². The van der Waals surface area contributed by atoms with Crippen LogP contribution in [-0.4, -0.2) is 14.4 Å². The van der Waals surface area contributed by atoms with Gasteiger partial charge < -0.3 is 4.43 Å². The molecule has 0 aromatic rings. The fourth-order valence-electron chi connectivity index (χ4n) is 2.40. The molecule has 0 aliphatic heterocycles. The van der Waals surface area contributed by atoms with Gasteiger partial charge in [0.1, 0.15) is 0 Å². The number of nitrogens with zero attached hydrogens (tertiary/aromatic N) is 1. The molecule has 0 unspecified atom stereocenters. The molecule has 1 fully saturated rings. The topological polar surface area (TPSA) is 33.0 Å². The van der Waals surface area contributed by atoms with Crippen molar-refractivity contribution in [2.24, 2.45) is 5.92 Å². The van der Waals surface area contributed by atoms with Crippen LogP contribution in [0.1, 0.15) is 59.3 Å². The van der Waals surface area contributed by atoms with E-state index in [9.17, 15) is 0 Å². The molecule has 0 aromatic carbocycles.